The lowest BCUT2D eigenvalue weighted by atomic mass is 9.95. The lowest BCUT2D eigenvalue weighted by Crippen LogP contribution is -2.10. The van der Waals surface area contributed by atoms with Crippen molar-refractivity contribution in [1.29, 1.82) is 0 Å². The van der Waals surface area contributed by atoms with E-state index in [0.717, 1.165) is 11.6 Å². The second kappa shape index (κ2) is 9.34. The molecule has 1 atom stereocenters. The molecule has 0 amide bonds. The molecule has 0 radical (unpaired) electrons. The number of hydrogen-bond donors (Lipinski definition) is 2. The number of fused-ring (bicyclic) bond motifs is 1. The largest absolute Gasteiger partial charge is 0.494 e. The first-order valence-electron chi connectivity index (χ1n) is 11.5. The molecule has 0 saturated heterocycles. The van der Waals surface area contributed by atoms with E-state index in [1.807, 2.05) is 6.07 Å². The van der Waals surface area contributed by atoms with Crippen molar-refractivity contribution in [2.75, 3.05) is 24.8 Å². The van der Waals surface area contributed by atoms with Crippen molar-refractivity contribution in [1.82, 2.24) is 24.7 Å². The Labute approximate surface area is 209 Å². The lowest BCUT2D eigenvalue weighted by Gasteiger charge is -2.17. The standard InChI is InChI=1S/C25H23F4N7O/c1-13-31-12-36(35-13)20-9-5-15(11-21(20)37-3)32-24-33-22-17(7-8-18(22)23(30-2)34-24)16-6-4-14(10-19(16)26)25(27,28)29/h4-6,9-12,17H,7-8H2,1-3H3,(H2,30,32,33,34). The van der Waals surface area contributed by atoms with E-state index >= 15 is 0 Å². The summed E-state index contributed by atoms with van der Waals surface area (Å²) in [4.78, 5) is 13.3. The molecule has 37 heavy (non-hydrogen) atoms. The van der Waals surface area contributed by atoms with Gasteiger partial charge < -0.3 is 15.4 Å². The zero-order chi connectivity index (χ0) is 26.3. The molecule has 4 aromatic rings. The average molecular weight is 513 g/mol. The molecule has 5 rings (SSSR count). The Hall–Kier alpha value is -4.22. The Morgan fingerprint density at radius 3 is 2.57 bits per heavy atom. The number of anilines is 3. The van der Waals surface area contributed by atoms with Gasteiger partial charge in [0.15, 0.2) is 0 Å². The summed E-state index contributed by atoms with van der Waals surface area (Å²) >= 11 is 0. The van der Waals surface area contributed by atoms with Crippen molar-refractivity contribution < 1.29 is 22.3 Å². The van der Waals surface area contributed by atoms with Gasteiger partial charge in [-0.25, -0.2) is 19.0 Å². The van der Waals surface area contributed by atoms with Gasteiger partial charge in [-0.1, -0.05) is 6.07 Å². The minimum Gasteiger partial charge on any atom is -0.494 e. The van der Waals surface area contributed by atoms with Crippen LogP contribution in [0.3, 0.4) is 0 Å². The van der Waals surface area contributed by atoms with E-state index in [2.05, 4.69) is 30.7 Å². The topological polar surface area (TPSA) is 89.8 Å². The van der Waals surface area contributed by atoms with E-state index in [1.54, 1.807) is 44.2 Å². The van der Waals surface area contributed by atoms with Crippen LogP contribution >= 0.6 is 0 Å². The van der Waals surface area contributed by atoms with Crippen LogP contribution < -0.4 is 15.4 Å². The number of nitrogens with zero attached hydrogens (tertiary/aromatic N) is 5. The quantitative estimate of drug-likeness (QED) is 0.334. The molecule has 192 valence electrons. The number of benzene rings is 2. The van der Waals surface area contributed by atoms with E-state index in [4.69, 9.17) is 4.74 Å². The van der Waals surface area contributed by atoms with Gasteiger partial charge in [0, 0.05) is 30.3 Å². The second-order valence-corrected chi connectivity index (χ2v) is 8.58. The fourth-order valence-electron chi connectivity index (χ4n) is 4.55. The van der Waals surface area contributed by atoms with Crippen LogP contribution in [0.4, 0.5) is 35.0 Å². The van der Waals surface area contributed by atoms with E-state index in [0.29, 0.717) is 53.4 Å². The minimum atomic E-state index is -4.62. The monoisotopic (exact) mass is 513 g/mol. The van der Waals surface area contributed by atoms with E-state index in [9.17, 15) is 17.6 Å². The third kappa shape index (κ3) is 4.66. The molecule has 2 N–H and O–H groups in total. The first kappa shape index (κ1) is 24.5. The van der Waals surface area contributed by atoms with Gasteiger partial charge in [-0.05, 0) is 49.6 Å². The third-order valence-corrected chi connectivity index (χ3v) is 6.28. The summed E-state index contributed by atoms with van der Waals surface area (Å²) in [5.41, 5.74) is 1.86. The molecule has 2 heterocycles. The van der Waals surface area contributed by atoms with Crippen molar-refractivity contribution in [3.63, 3.8) is 0 Å². The molecule has 0 aliphatic heterocycles. The highest BCUT2D eigenvalue weighted by molar-refractivity contribution is 5.64. The van der Waals surface area contributed by atoms with Crippen molar-refractivity contribution in [3.05, 3.63) is 76.8 Å². The van der Waals surface area contributed by atoms with Crippen LogP contribution in [0.25, 0.3) is 5.69 Å². The van der Waals surface area contributed by atoms with Crippen LogP contribution in [-0.2, 0) is 12.6 Å². The molecule has 1 unspecified atom stereocenters. The molecule has 0 saturated carbocycles. The number of alkyl halides is 3. The van der Waals surface area contributed by atoms with Crippen LogP contribution in [-0.4, -0.2) is 38.9 Å². The van der Waals surface area contributed by atoms with E-state index in [1.165, 1.54) is 6.07 Å². The van der Waals surface area contributed by atoms with Gasteiger partial charge in [0.2, 0.25) is 5.95 Å². The molecule has 0 fully saturated rings. The number of ether oxygens (including phenoxy) is 1. The molecule has 1 aliphatic rings. The van der Waals surface area contributed by atoms with Crippen LogP contribution in [0.15, 0.2) is 42.7 Å². The predicted molar refractivity (Wildman–Crippen MR) is 129 cm³/mol. The molecule has 0 spiro atoms. The van der Waals surface area contributed by atoms with Crippen molar-refractivity contribution >= 4 is 17.5 Å². The fraction of sp³-hybridized carbons (Fsp3) is 0.280. The maximum Gasteiger partial charge on any atom is 0.416 e. The maximum absolute atomic E-state index is 14.8. The Bertz CT molecular complexity index is 1470. The number of methoxy groups -OCH3 is 1. The summed E-state index contributed by atoms with van der Waals surface area (Å²) in [6.07, 6.45) is -1.96. The third-order valence-electron chi connectivity index (χ3n) is 6.28. The number of hydrogen-bond acceptors (Lipinski definition) is 7. The number of nitrogens with one attached hydrogen (secondary N) is 2. The molecule has 1 aliphatic carbocycles. The normalized spacial score (nSPS) is 14.9. The molecule has 12 heteroatoms. The van der Waals surface area contributed by atoms with Crippen LogP contribution in [0.1, 0.15) is 40.5 Å². The first-order chi connectivity index (χ1) is 17.7. The first-order valence-corrected chi connectivity index (χ1v) is 11.5. The van der Waals surface area contributed by atoms with E-state index in [-0.39, 0.29) is 11.5 Å². The minimum absolute atomic E-state index is 0.174. The highest BCUT2D eigenvalue weighted by atomic mass is 19.4. The zero-order valence-corrected chi connectivity index (χ0v) is 20.2. The summed E-state index contributed by atoms with van der Waals surface area (Å²) in [5, 5.41) is 10.5. The Morgan fingerprint density at radius 2 is 1.92 bits per heavy atom. The Balaban J connectivity index is 1.48. The number of rotatable bonds is 6. The summed E-state index contributed by atoms with van der Waals surface area (Å²) in [6.45, 7) is 1.78. The maximum atomic E-state index is 14.8. The predicted octanol–water partition coefficient (Wildman–Crippen LogP) is 5.40. The van der Waals surface area contributed by atoms with Gasteiger partial charge in [-0.2, -0.15) is 23.3 Å². The van der Waals surface area contributed by atoms with Crippen LogP contribution in [0.5, 0.6) is 5.75 Å². The number of halogens is 4. The van der Waals surface area contributed by atoms with Gasteiger partial charge >= 0.3 is 6.18 Å². The van der Waals surface area contributed by atoms with Crippen LogP contribution in [0.2, 0.25) is 0 Å². The molecular formula is C25H23F4N7O. The summed E-state index contributed by atoms with van der Waals surface area (Å²) in [7, 11) is 3.26. The number of aryl methyl sites for hydroxylation is 1. The van der Waals surface area contributed by atoms with Gasteiger partial charge in [-0.15, -0.1) is 0 Å². The average Bonchev–Trinajstić information content (AvgIpc) is 3.49. The van der Waals surface area contributed by atoms with Gasteiger partial charge in [0.05, 0.1) is 18.4 Å². The van der Waals surface area contributed by atoms with Crippen molar-refractivity contribution in [2.24, 2.45) is 0 Å². The SMILES string of the molecule is CNc1nc(Nc2ccc(-n3cnc(C)n3)c(OC)c2)nc2c1CCC2c1ccc(C(F)(F)F)cc1F. The lowest BCUT2D eigenvalue weighted by molar-refractivity contribution is -0.137. The highest BCUT2D eigenvalue weighted by Gasteiger charge is 2.34. The smallest absolute Gasteiger partial charge is 0.416 e. The molecule has 2 aromatic carbocycles. The highest BCUT2D eigenvalue weighted by Crippen LogP contribution is 2.42. The van der Waals surface area contributed by atoms with Gasteiger partial charge in [0.25, 0.3) is 0 Å². The van der Waals surface area contributed by atoms with Crippen molar-refractivity contribution in [3.8, 4) is 11.4 Å². The molecule has 2 aromatic heterocycles. The zero-order valence-electron chi connectivity index (χ0n) is 20.2. The fourth-order valence-corrected chi connectivity index (χ4v) is 4.55. The summed E-state index contributed by atoms with van der Waals surface area (Å²) < 4.78 is 61.0. The van der Waals surface area contributed by atoms with Crippen LogP contribution in [0, 0.1) is 12.7 Å². The Morgan fingerprint density at radius 1 is 1.11 bits per heavy atom. The Kier molecular flexibility index (Phi) is 6.18. The molecular weight excluding hydrogens is 490 g/mol. The molecule has 0 bridgehead atoms. The number of aromatic nitrogens is 5. The van der Waals surface area contributed by atoms with Gasteiger partial charge in [-0.3, -0.25) is 0 Å². The molecule has 8 nitrogen and oxygen atoms in total. The second-order valence-electron chi connectivity index (χ2n) is 8.58. The summed E-state index contributed by atoms with van der Waals surface area (Å²) in [6, 6.07) is 8.01. The van der Waals surface area contributed by atoms with Crippen molar-refractivity contribution in [2.45, 2.75) is 31.9 Å². The summed E-state index contributed by atoms with van der Waals surface area (Å²) in [5.74, 6) is 0.581. The van der Waals surface area contributed by atoms with Gasteiger partial charge in [0.1, 0.15) is 35.2 Å². The van der Waals surface area contributed by atoms with E-state index < -0.39 is 23.5 Å².